The topological polar surface area (TPSA) is 79.1 Å². The van der Waals surface area contributed by atoms with E-state index in [2.05, 4.69) is 6.92 Å². The van der Waals surface area contributed by atoms with Crippen molar-refractivity contribution in [1.82, 2.24) is 0 Å². The molecule has 5 N–H and O–H groups in total. The van der Waals surface area contributed by atoms with Crippen LogP contribution in [0.4, 0.5) is 5.69 Å². The average Bonchev–Trinajstić information content (AvgIpc) is 2.04. The Morgan fingerprint density at radius 1 is 1.33 bits per heavy atom. The van der Waals surface area contributed by atoms with Crippen molar-refractivity contribution in [3.05, 3.63) is 36.8 Å². The predicted molar refractivity (Wildman–Crippen MR) is 49.5 cm³/mol. The molecule has 1 radical (unpaired) electrons. The van der Waals surface area contributed by atoms with Crippen LogP contribution in [0.25, 0.3) is 0 Å². The second-order valence-electron chi connectivity index (χ2n) is 2.42. The number of hydrogen-bond donors (Lipinski definition) is 3. The smallest absolute Gasteiger partial charge is 0.207 e. The molecule has 4 nitrogen and oxygen atoms in total. The summed E-state index contributed by atoms with van der Waals surface area (Å²) in [7, 11) is 0. The lowest BCUT2D eigenvalue weighted by atomic mass is 10.2. The molecule has 0 spiro atoms. The molecule has 0 heterocycles. The fourth-order valence-electron chi connectivity index (χ4n) is 0.796. The summed E-state index contributed by atoms with van der Waals surface area (Å²) in [6.07, 6.45) is 0. The van der Waals surface area contributed by atoms with E-state index in [9.17, 15) is 0 Å². The quantitative estimate of drug-likeness (QED) is 0.243. The van der Waals surface area contributed by atoms with Crippen molar-refractivity contribution < 1.29 is 0 Å². The third kappa shape index (κ3) is 1.73. The van der Waals surface area contributed by atoms with E-state index in [1.165, 1.54) is 0 Å². The Labute approximate surface area is 71.3 Å². The zero-order chi connectivity index (χ0) is 9.14. The van der Waals surface area contributed by atoms with Gasteiger partial charge in [0.2, 0.25) is 5.96 Å². The van der Waals surface area contributed by atoms with Crippen molar-refractivity contribution >= 4 is 11.6 Å². The lowest BCUT2D eigenvalue weighted by Crippen LogP contribution is -2.42. The van der Waals surface area contributed by atoms with Gasteiger partial charge in [0.05, 0.1) is 5.69 Å². The highest BCUT2D eigenvalue weighted by molar-refractivity contribution is 5.91. The number of nitrogens with two attached hydrogens (primary N) is 2. The fraction of sp³-hybridized carbons (Fsp3) is 0. The van der Waals surface area contributed by atoms with Gasteiger partial charge < -0.3 is 5.73 Å². The SMILES string of the molecule is [CH2]c1ccc(N(N)C(=N)N)cc1. The second kappa shape index (κ2) is 3.23. The lowest BCUT2D eigenvalue weighted by molar-refractivity contribution is 1.09. The zero-order valence-electron chi connectivity index (χ0n) is 6.62. The van der Waals surface area contributed by atoms with E-state index < -0.39 is 0 Å². The van der Waals surface area contributed by atoms with E-state index >= 15 is 0 Å². The van der Waals surface area contributed by atoms with Crippen LogP contribution >= 0.6 is 0 Å². The summed E-state index contributed by atoms with van der Waals surface area (Å²) in [6, 6.07) is 7.11. The molecule has 12 heavy (non-hydrogen) atoms. The molecule has 63 valence electrons. The summed E-state index contributed by atoms with van der Waals surface area (Å²) in [5.41, 5.74) is 6.75. The van der Waals surface area contributed by atoms with Crippen molar-refractivity contribution in [2.75, 3.05) is 5.01 Å². The monoisotopic (exact) mass is 163 g/mol. The Balaban J connectivity index is 2.89. The maximum absolute atomic E-state index is 7.05. The molecule has 0 atom stereocenters. The van der Waals surface area contributed by atoms with Crippen LogP contribution in [0.3, 0.4) is 0 Å². The average molecular weight is 163 g/mol. The molecule has 0 aliphatic carbocycles. The van der Waals surface area contributed by atoms with Gasteiger partial charge in [-0.2, -0.15) is 0 Å². The molecule has 0 amide bonds. The first kappa shape index (κ1) is 8.55. The van der Waals surface area contributed by atoms with E-state index in [-0.39, 0.29) is 5.96 Å². The Morgan fingerprint density at radius 3 is 2.25 bits per heavy atom. The molecule has 0 unspecified atom stereocenters. The molecular weight excluding hydrogens is 152 g/mol. The molecule has 1 aromatic rings. The molecule has 0 aliphatic rings. The van der Waals surface area contributed by atoms with Crippen LogP contribution in [0.2, 0.25) is 0 Å². The van der Waals surface area contributed by atoms with Gasteiger partial charge in [0, 0.05) is 0 Å². The standard InChI is InChI=1S/C8H11N4/c1-6-2-4-7(5-3-6)12(11)8(9)10/h2-5H,1,11H2,(H3,9,10). The maximum atomic E-state index is 7.05. The summed E-state index contributed by atoms with van der Waals surface area (Å²) >= 11 is 0. The Kier molecular flexibility index (Phi) is 2.30. The van der Waals surface area contributed by atoms with Crippen LogP contribution in [0.1, 0.15) is 5.56 Å². The van der Waals surface area contributed by atoms with Crippen LogP contribution in [0.5, 0.6) is 0 Å². The summed E-state index contributed by atoms with van der Waals surface area (Å²) < 4.78 is 0. The molecule has 0 aliphatic heterocycles. The fourth-order valence-corrected chi connectivity index (χ4v) is 0.796. The highest BCUT2D eigenvalue weighted by Gasteiger charge is 2.01. The summed E-state index contributed by atoms with van der Waals surface area (Å²) in [5, 5.41) is 8.15. The number of benzene rings is 1. The molecule has 0 saturated carbocycles. The Bertz CT molecular complexity index is 278. The molecule has 0 bridgehead atoms. The number of anilines is 1. The Morgan fingerprint density at radius 2 is 1.83 bits per heavy atom. The molecule has 0 aromatic heterocycles. The highest BCUT2D eigenvalue weighted by Crippen LogP contribution is 2.10. The van der Waals surface area contributed by atoms with Crippen LogP contribution in [0.15, 0.2) is 24.3 Å². The number of guanidine groups is 1. The van der Waals surface area contributed by atoms with E-state index in [4.69, 9.17) is 17.0 Å². The summed E-state index contributed by atoms with van der Waals surface area (Å²) in [4.78, 5) is 0. The molecule has 1 aromatic carbocycles. The maximum Gasteiger partial charge on any atom is 0.207 e. The van der Waals surface area contributed by atoms with Crippen LogP contribution < -0.4 is 16.6 Å². The number of hydrogen-bond acceptors (Lipinski definition) is 2. The van der Waals surface area contributed by atoms with Crippen LogP contribution in [0, 0.1) is 12.3 Å². The third-order valence-corrected chi connectivity index (χ3v) is 1.47. The van der Waals surface area contributed by atoms with Gasteiger partial charge in [0.25, 0.3) is 0 Å². The summed E-state index contributed by atoms with van der Waals surface area (Å²) in [5.74, 6) is 5.26. The molecule has 0 saturated heterocycles. The van der Waals surface area contributed by atoms with E-state index in [0.29, 0.717) is 5.69 Å². The van der Waals surface area contributed by atoms with Crippen molar-refractivity contribution in [2.24, 2.45) is 11.6 Å². The molecule has 1 rings (SSSR count). The van der Waals surface area contributed by atoms with Gasteiger partial charge >= 0.3 is 0 Å². The number of rotatable bonds is 1. The van der Waals surface area contributed by atoms with Gasteiger partial charge in [-0.1, -0.05) is 12.1 Å². The van der Waals surface area contributed by atoms with Gasteiger partial charge in [-0.15, -0.1) is 0 Å². The van der Waals surface area contributed by atoms with Crippen molar-refractivity contribution in [2.45, 2.75) is 0 Å². The minimum atomic E-state index is -0.188. The normalized spacial score (nSPS) is 9.50. The molecule has 4 heteroatoms. The molecule has 0 fully saturated rings. The largest absolute Gasteiger partial charge is 0.369 e. The lowest BCUT2D eigenvalue weighted by Gasteiger charge is -2.15. The minimum absolute atomic E-state index is 0.188. The highest BCUT2D eigenvalue weighted by atomic mass is 15.5. The van der Waals surface area contributed by atoms with E-state index in [1.54, 1.807) is 24.3 Å². The second-order valence-corrected chi connectivity index (χ2v) is 2.42. The van der Waals surface area contributed by atoms with Gasteiger partial charge in [-0.05, 0) is 24.6 Å². The Hall–Kier alpha value is -1.55. The number of hydrazine groups is 1. The van der Waals surface area contributed by atoms with Crippen molar-refractivity contribution in [3.8, 4) is 0 Å². The first-order valence-electron chi connectivity index (χ1n) is 3.42. The first-order chi connectivity index (χ1) is 5.61. The first-order valence-corrected chi connectivity index (χ1v) is 3.42. The van der Waals surface area contributed by atoms with E-state index in [0.717, 1.165) is 10.6 Å². The van der Waals surface area contributed by atoms with Gasteiger partial charge in [-0.3, -0.25) is 5.41 Å². The number of nitrogens with zero attached hydrogens (tertiary/aromatic N) is 1. The van der Waals surface area contributed by atoms with E-state index in [1.807, 2.05) is 0 Å². The van der Waals surface area contributed by atoms with Crippen LogP contribution in [-0.4, -0.2) is 5.96 Å². The third-order valence-electron chi connectivity index (χ3n) is 1.47. The zero-order valence-corrected chi connectivity index (χ0v) is 6.62. The van der Waals surface area contributed by atoms with Gasteiger partial charge in [0.15, 0.2) is 0 Å². The van der Waals surface area contributed by atoms with Gasteiger partial charge in [-0.25, -0.2) is 10.9 Å². The van der Waals surface area contributed by atoms with Crippen LogP contribution in [-0.2, 0) is 0 Å². The predicted octanol–water partition coefficient (Wildman–Crippen LogP) is 0.442. The minimum Gasteiger partial charge on any atom is -0.369 e. The summed E-state index contributed by atoms with van der Waals surface area (Å²) in [6.45, 7) is 3.72. The van der Waals surface area contributed by atoms with Crippen molar-refractivity contribution in [1.29, 1.82) is 5.41 Å². The number of nitrogens with one attached hydrogen (secondary N) is 1. The van der Waals surface area contributed by atoms with Crippen molar-refractivity contribution in [3.63, 3.8) is 0 Å². The molecular formula is C8H11N4. The van der Waals surface area contributed by atoms with Gasteiger partial charge in [0.1, 0.15) is 0 Å².